The SMILES string of the molecule is CCCNC(=O)C(N)=O.c1c[nH]cn1. The fourth-order valence-electron chi connectivity index (χ4n) is 0.541. The summed E-state index contributed by atoms with van der Waals surface area (Å²) in [6.07, 6.45) is 5.89. The molecule has 0 radical (unpaired) electrons. The quantitative estimate of drug-likeness (QED) is 0.553. The molecule has 1 aromatic heterocycles. The van der Waals surface area contributed by atoms with Gasteiger partial charge in [-0.25, -0.2) is 4.98 Å². The molecule has 0 aromatic carbocycles. The van der Waals surface area contributed by atoms with E-state index in [1.165, 1.54) is 0 Å². The zero-order valence-corrected chi connectivity index (χ0v) is 7.99. The summed E-state index contributed by atoms with van der Waals surface area (Å²) < 4.78 is 0. The lowest BCUT2D eigenvalue weighted by molar-refractivity contribution is -0.137. The normalized spacial score (nSPS) is 8.36. The van der Waals surface area contributed by atoms with Crippen LogP contribution in [0.25, 0.3) is 0 Å². The average molecular weight is 198 g/mol. The molecule has 0 aliphatic rings. The number of hydrogen-bond acceptors (Lipinski definition) is 3. The molecule has 0 bridgehead atoms. The van der Waals surface area contributed by atoms with Crippen molar-refractivity contribution in [1.82, 2.24) is 15.3 Å². The summed E-state index contributed by atoms with van der Waals surface area (Å²) in [7, 11) is 0. The first-order valence-electron chi connectivity index (χ1n) is 4.18. The average Bonchev–Trinajstić information content (AvgIpc) is 2.71. The second kappa shape index (κ2) is 7.78. The molecule has 78 valence electrons. The van der Waals surface area contributed by atoms with Gasteiger partial charge >= 0.3 is 11.8 Å². The largest absolute Gasteiger partial charge is 0.361 e. The summed E-state index contributed by atoms with van der Waals surface area (Å²) in [6.45, 7) is 2.39. The minimum absolute atomic E-state index is 0.502. The van der Waals surface area contributed by atoms with Crippen LogP contribution in [0, 0.1) is 0 Å². The van der Waals surface area contributed by atoms with Crippen LogP contribution in [0.15, 0.2) is 18.7 Å². The predicted octanol–water partition coefficient (Wildman–Crippen LogP) is -0.592. The summed E-state index contributed by atoms with van der Waals surface area (Å²) in [5.41, 5.74) is 4.63. The molecule has 0 atom stereocenters. The lowest BCUT2D eigenvalue weighted by Gasteiger charge is -1.96. The number of aromatic amines is 1. The Kier molecular flexibility index (Phi) is 6.75. The minimum atomic E-state index is -0.927. The number of imidazole rings is 1. The van der Waals surface area contributed by atoms with E-state index < -0.39 is 11.8 Å². The molecule has 0 aliphatic heterocycles. The smallest absolute Gasteiger partial charge is 0.309 e. The van der Waals surface area contributed by atoms with Crippen LogP contribution in [0.1, 0.15) is 13.3 Å². The Bertz CT molecular complexity index is 241. The van der Waals surface area contributed by atoms with E-state index in [9.17, 15) is 9.59 Å². The highest BCUT2D eigenvalue weighted by Gasteiger charge is 2.04. The maximum absolute atomic E-state index is 10.3. The van der Waals surface area contributed by atoms with Crippen molar-refractivity contribution < 1.29 is 9.59 Å². The number of nitrogens with two attached hydrogens (primary N) is 1. The van der Waals surface area contributed by atoms with Crippen molar-refractivity contribution in [3.8, 4) is 0 Å². The number of nitrogens with one attached hydrogen (secondary N) is 2. The number of amides is 2. The molecule has 0 aliphatic carbocycles. The Morgan fingerprint density at radius 2 is 2.29 bits per heavy atom. The molecule has 14 heavy (non-hydrogen) atoms. The van der Waals surface area contributed by atoms with Gasteiger partial charge in [0.1, 0.15) is 0 Å². The van der Waals surface area contributed by atoms with E-state index in [0.29, 0.717) is 6.54 Å². The summed E-state index contributed by atoms with van der Waals surface area (Å²) in [4.78, 5) is 26.7. The first-order valence-corrected chi connectivity index (χ1v) is 4.18. The van der Waals surface area contributed by atoms with E-state index in [1.54, 1.807) is 18.7 Å². The van der Waals surface area contributed by atoms with Crippen LogP contribution in [-0.2, 0) is 9.59 Å². The molecule has 0 fully saturated rings. The van der Waals surface area contributed by atoms with Gasteiger partial charge in [0, 0.05) is 18.9 Å². The fourth-order valence-corrected chi connectivity index (χ4v) is 0.541. The second-order valence-electron chi connectivity index (χ2n) is 2.38. The number of carbonyl (C=O) groups is 2. The number of primary amides is 1. The third kappa shape index (κ3) is 6.84. The zero-order chi connectivity index (χ0) is 10.8. The standard InChI is InChI=1S/C5H10N2O2.C3H4N2/c1-2-3-7-5(9)4(6)8;1-2-5-3-4-1/h2-3H2,1H3,(H2,6,8)(H,7,9);1-3H,(H,4,5). The van der Waals surface area contributed by atoms with E-state index in [4.69, 9.17) is 0 Å². The number of H-pyrrole nitrogens is 1. The van der Waals surface area contributed by atoms with Crippen LogP contribution in [0.5, 0.6) is 0 Å². The van der Waals surface area contributed by atoms with Gasteiger partial charge < -0.3 is 16.0 Å². The molecule has 1 rings (SSSR count). The summed E-state index contributed by atoms with van der Waals surface area (Å²) >= 11 is 0. The maximum atomic E-state index is 10.3. The van der Waals surface area contributed by atoms with Gasteiger partial charge in [0.25, 0.3) is 0 Å². The highest BCUT2D eigenvalue weighted by atomic mass is 16.2. The van der Waals surface area contributed by atoms with Gasteiger partial charge in [-0.1, -0.05) is 6.92 Å². The van der Waals surface area contributed by atoms with Crippen molar-refractivity contribution in [1.29, 1.82) is 0 Å². The third-order valence-corrected chi connectivity index (χ3v) is 1.17. The van der Waals surface area contributed by atoms with E-state index in [2.05, 4.69) is 21.0 Å². The highest BCUT2D eigenvalue weighted by molar-refractivity contribution is 6.34. The first-order chi connectivity index (χ1) is 6.68. The van der Waals surface area contributed by atoms with Crippen LogP contribution in [0.3, 0.4) is 0 Å². The zero-order valence-electron chi connectivity index (χ0n) is 7.99. The van der Waals surface area contributed by atoms with E-state index >= 15 is 0 Å². The topological polar surface area (TPSA) is 101 Å². The van der Waals surface area contributed by atoms with Crippen molar-refractivity contribution in [3.63, 3.8) is 0 Å². The number of rotatable bonds is 2. The van der Waals surface area contributed by atoms with Crippen molar-refractivity contribution >= 4 is 11.8 Å². The van der Waals surface area contributed by atoms with Gasteiger partial charge in [0.2, 0.25) is 0 Å². The number of carbonyl (C=O) groups excluding carboxylic acids is 2. The van der Waals surface area contributed by atoms with Crippen molar-refractivity contribution in [2.45, 2.75) is 13.3 Å². The predicted molar refractivity (Wildman–Crippen MR) is 51.1 cm³/mol. The van der Waals surface area contributed by atoms with Gasteiger partial charge in [-0.2, -0.15) is 0 Å². The molecular formula is C8H14N4O2. The number of aromatic nitrogens is 2. The van der Waals surface area contributed by atoms with E-state index in [-0.39, 0.29) is 0 Å². The molecule has 1 aromatic rings. The molecule has 6 nitrogen and oxygen atoms in total. The van der Waals surface area contributed by atoms with E-state index in [0.717, 1.165) is 6.42 Å². The monoisotopic (exact) mass is 198 g/mol. The van der Waals surface area contributed by atoms with E-state index in [1.807, 2.05) is 6.92 Å². The lowest BCUT2D eigenvalue weighted by atomic mass is 10.4. The molecule has 0 spiro atoms. The highest BCUT2D eigenvalue weighted by Crippen LogP contribution is 1.69. The second-order valence-corrected chi connectivity index (χ2v) is 2.38. The van der Waals surface area contributed by atoms with Crippen LogP contribution in [0.2, 0.25) is 0 Å². The van der Waals surface area contributed by atoms with Crippen LogP contribution >= 0.6 is 0 Å². The Morgan fingerprint density at radius 3 is 2.57 bits per heavy atom. The molecule has 0 saturated carbocycles. The molecule has 6 heteroatoms. The number of hydrogen-bond donors (Lipinski definition) is 3. The van der Waals surface area contributed by atoms with Crippen molar-refractivity contribution in [3.05, 3.63) is 18.7 Å². The first kappa shape index (κ1) is 12.2. The Balaban J connectivity index is 0.000000280. The van der Waals surface area contributed by atoms with Crippen LogP contribution in [0.4, 0.5) is 0 Å². The van der Waals surface area contributed by atoms with Gasteiger partial charge in [0.05, 0.1) is 6.33 Å². The molecular weight excluding hydrogens is 184 g/mol. The van der Waals surface area contributed by atoms with Gasteiger partial charge in [0.15, 0.2) is 0 Å². The van der Waals surface area contributed by atoms with Gasteiger partial charge in [-0.15, -0.1) is 0 Å². The van der Waals surface area contributed by atoms with Gasteiger partial charge in [-0.3, -0.25) is 9.59 Å². The van der Waals surface area contributed by atoms with Gasteiger partial charge in [-0.05, 0) is 6.42 Å². The van der Waals surface area contributed by atoms with Crippen LogP contribution in [-0.4, -0.2) is 28.3 Å². The maximum Gasteiger partial charge on any atom is 0.309 e. The molecule has 4 N–H and O–H groups in total. The molecule has 2 amide bonds. The summed E-state index contributed by atoms with van der Waals surface area (Å²) in [5.74, 6) is -1.64. The van der Waals surface area contributed by atoms with Crippen LogP contribution < -0.4 is 11.1 Å². The number of nitrogens with zero attached hydrogens (tertiary/aromatic N) is 1. The van der Waals surface area contributed by atoms with Crippen molar-refractivity contribution in [2.24, 2.45) is 5.73 Å². The Morgan fingerprint density at radius 1 is 1.57 bits per heavy atom. The van der Waals surface area contributed by atoms with Crippen molar-refractivity contribution in [2.75, 3.05) is 6.54 Å². The molecule has 1 heterocycles. The Hall–Kier alpha value is -1.85. The summed E-state index contributed by atoms with van der Waals surface area (Å²) in [5, 5.41) is 2.32. The fraction of sp³-hybridized carbons (Fsp3) is 0.375. The lowest BCUT2D eigenvalue weighted by Crippen LogP contribution is -2.36. The molecule has 0 unspecified atom stereocenters. The third-order valence-electron chi connectivity index (χ3n) is 1.17. The molecule has 0 saturated heterocycles. The summed E-state index contributed by atoms with van der Waals surface area (Å²) in [6, 6.07) is 0. The Labute approximate surface area is 81.9 Å². The minimum Gasteiger partial charge on any atom is -0.361 e.